The standard InChI is InChI=1S/C13H14ClNO3S/c1-13(18,7-16)6-15-12(17)11-10(14)8-4-2-3-5-9(8)19-11/h2-5,16,18H,6-7H2,1H3,(H,15,17). The number of amides is 1. The minimum atomic E-state index is -1.33. The van der Waals surface area contributed by atoms with Gasteiger partial charge in [0.15, 0.2) is 0 Å². The molecule has 1 atom stereocenters. The van der Waals surface area contributed by atoms with Gasteiger partial charge in [-0.15, -0.1) is 11.3 Å². The molecule has 4 nitrogen and oxygen atoms in total. The number of rotatable bonds is 4. The summed E-state index contributed by atoms with van der Waals surface area (Å²) in [7, 11) is 0. The SMILES string of the molecule is CC(O)(CO)CNC(=O)c1sc2ccccc2c1Cl. The molecule has 0 aliphatic rings. The Bertz CT molecular complexity index is 609. The van der Waals surface area contributed by atoms with E-state index in [-0.39, 0.29) is 12.5 Å². The van der Waals surface area contributed by atoms with Gasteiger partial charge < -0.3 is 15.5 Å². The number of aliphatic hydroxyl groups is 2. The van der Waals surface area contributed by atoms with Gasteiger partial charge in [0.1, 0.15) is 10.5 Å². The highest BCUT2D eigenvalue weighted by Gasteiger charge is 2.22. The van der Waals surface area contributed by atoms with Gasteiger partial charge >= 0.3 is 0 Å². The van der Waals surface area contributed by atoms with Gasteiger partial charge in [0, 0.05) is 16.6 Å². The minimum Gasteiger partial charge on any atom is -0.393 e. The number of carbonyl (C=O) groups is 1. The molecule has 102 valence electrons. The fraction of sp³-hybridized carbons (Fsp3) is 0.308. The molecule has 0 radical (unpaired) electrons. The van der Waals surface area contributed by atoms with Crippen LogP contribution in [0.2, 0.25) is 5.02 Å². The molecule has 3 N–H and O–H groups in total. The van der Waals surface area contributed by atoms with Gasteiger partial charge in [-0.2, -0.15) is 0 Å². The normalized spacial score (nSPS) is 14.3. The van der Waals surface area contributed by atoms with Crippen LogP contribution in [-0.2, 0) is 0 Å². The van der Waals surface area contributed by atoms with Crippen molar-refractivity contribution in [1.29, 1.82) is 0 Å². The smallest absolute Gasteiger partial charge is 0.263 e. The molecule has 2 aromatic rings. The summed E-state index contributed by atoms with van der Waals surface area (Å²) in [5.41, 5.74) is -1.33. The molecule has 1 aromatic carbocycles. The lowest BCUT2D eigenvalue weighted by atomic mass is 10.1. The van der Waals surface area contributed by atoms with Crippen molar-refractivity contribution in [2.45, 2.75) is 12.5 Å². The van der Waals surface area contributed by atoms with Crippen molar-refractivity contribution in [3.63, 3.8) is 0 Å². The topological polar surface area (TPSA) is 69.6 Å². The van der Waals surface area contributed by atoms with Gasteiger partial charge in [-0.3, -0.25) is 4.79 Å². The van der Waals surface area contributed by atoms with E-state index < -0.39 is 12.2 Å². The lowest BCUT2D eigenvalue weighted by Crippen LogP contribution is -2.43. The van der Waals surface area contributed by atoms with E-state index in [2.05, 4.69) is 5.32 Å². The highest BCUT2D eigenvalue weighted by Crippen LogP contribution is 2.34. The summed E-state index contributed by atoms with van der Waals surface area (Å²) >= 11 is 7.48. The van der Waals surface area contributed by atoms with E-state index in [1.165, 1.54) is 18.3 Å². The van der Waals surface area contributed by atoms with E-state index in [1.807, 2.05) is 24.3 Å². The fourth-order valence-electron chi connectivity index (χ4n) is 1.57. The molecule has 1 unspecified atom stereocenters. The molecule has 1 aromatic heterocycles. The molecule has 2 rings (SSSR count). The quantitative estimate of drug-likeness (QED) is 0.809. The molecule has 19 heavy (non-hydrogen) atoms. The predicted octanol–water partition coefficient (Wildman–Crippen LogP) is 2.03. The maximum absolute atomic E-state index is 12.0. The number of aliphatic hydroxyl groups excluding tert-OH is 1. The van der Waals surface area contributed by atoms with Crippen LogP contribution < -0.4 is 5.32 Å². The molecule has 0 aliphatic carbocycles. The number of halogens is 1. The van der Waals surface area contributed by atoms with Crippen molar-refractivity contribution < 1.29 is 15.0 Å². The van der Waals surface area contributed by atoms with E-state index in [4.69, 9.17) is 16.7 Å². The Morgan fingerprint density at radius 3 is 2.79 bits per heavy atom. The van der Waals surface area contributed by atoms with Crippen molar-refractivity contribution in [2.24, 2.45) is 0 Å². The maximum Gasteiger partial charge on any atom is 0.263 e. The molecule has 0 aliphatic heterocycles. The Morgan fingerprint density at radius 1 is 1.47 bits per heavy atom. The Labute approximate surface area is 119 Å². The number of hydrogen-bond donors (Lipinski definition) is 3. The second kappa shape index (κ2) is 5.46. The van der Waals surface area contributed by atoms with Crippen LogP contribution >= 0.6 is 22.9 Å². The monoisotopic (exact) mass is 299 g/mol. The first kappa shape index (κ1) is 14.3. The first-order valence-electron chi connectivity index (χ1n) is 5.73. The number of nitrogens with one attached hydrogen (secondary N) is 1. The number of fused-ring (bicyclic) bond motifs is 1. The third kappa shape index (κ3) is 3.06. The van der Waals surface area contributed by atoms with Gasteiger partial charge in [-0.1, -0.05) is 29.8 Å². The molecule has 1 heterocycles. The third-order valence-corrected chi connectivity index (χ3v) is 4.39. The summed E-state index contributed by atoms with van der Waals surface area (Å²) in [4.78, 5) is 12.4. The Kier molecular flexibility index (Phi) is 4.10. The van der Waals surface area contributed by atoms with Gasteiger partial charge in [-0.05, 0) is 13.0 Å². The Balaban J connectivity index is 2.20. The van der Waals surface area contributed by atoms with Crippen LogP contribution in [0, 0.1) is 0 Å². The number of hydrogen-bond acceptors (Lipinski definition) is 4. The lowest BCUT2D eigenvalue weighted by Gasteiger charge is -2.20. The molecule has 6 heteroatoms. The van der Waals surface area contributed by atoms with Gasteiger partial charge in [0.05, 0.1) is 11.6 Å². The predicted molar refractivity (Wildman–Crippen MR) is 76.9 cm³/mol. The highest BCUT2D eigenvalue weighted by atomic mass is 35.5. The first-order chi connectivity index (χ1) is 8.94. The van der Waals surface area contributed by atoms with Crippen LogP contribution in [0.25, 0.3) is 10.1 Å². The second-order valence-electron chi connectivity index (χ2n) is 4.58. The fourth-order valence-corrected chi connectivity index (χ4v) is 3.00. The van der Waals surface area contributed by atoms with E-state index in [9.17, 15) is 9.90 Å². The summed E-state index contributed by atoms with van der Waals surface area (Å²) in [6.07, 6.45) is 0. The number of carbonyl (C=O) groups excluding carboxylic acids is 1. The summed E-state index contributed by atoms with van der Waals surface area (Å²) in [5.74, 6) is -0.347. The molecule has 0 saturated carbocycles. The zero-order chi connectivity index (χ0) is 14.0. The first-order valence-corrected chi connectivity index (χ1v) is 6.92. The summed E-state index contributed by atoms with van der Waals surface area (Å²) < 4.78 is 0.937. The molecular weight excluding hydrogens is 286 g/mol. The van der Waals surface area contributed by atoms with E-state index in [0.717, 1.165) is 10.1 Å². The molecule has 0 bridgehead atoms. The van der Waals surface area contributed by atoms with Crippen LogP contribution in [0.5, 0.6) is 0 Å². The van der Waals surface area contributed by atoms with Crippen molar-refractivity contribution >= 4 is 38.9 Å². The van der Waals surface area contributed by atoms with Crippen LogP contribution in [0.15, 0.2) is 24.3 Å². The molecular formula is C13H14ClNO3S. The zero-order valence-corrected chi connectivity index (χ0v) is 11.9. The zero-order valence-electron chi connectivity index (χ0n) is 10.3. The van der Waals surface area contributed by atoms with Crippen LogP contribution in [-0.4, -0.2) is 34.9 Å². The van der Waals surface area contributed by atoms with Crippen molar-refractivity contribution in [2.75, 3.05) is 13.2 Å². The van der Waals surface area contributed by atoms with Crippen LogP contribution in [0.3, 0.4) is 0 Å². The molecule has 0 fully saturated rings. The molecule has 0 saturated heterocycles. The maximum atomic E-state index is 12.0. The van der Waals surface area contributed by atoms with E-state index in [1.54, 1.807) is 0 Å². The average molecular weight is 300 g/mol. The summed E-state index contributed by atoms with van der Waals surface area (Å²) in [5, 5.41) is 22.4. The summed E-state index contributed by atoms with van der Waals surface area (Å²) in [6, 6.07) is 7.49. The Hall–Kier alpha value is -1.14. The van der Waals surface area contributed by atoms with Crippen molar-refractivity contribution in [3.05, 3.63) is 34.2 Å². The third-order valence-electron chi connectivity index (χ3n) is 2.71. The molecule has 1 amide bonds. The largest absolute Gasteiger partial charge is 0.393 e. The second-order valence-corrected chi connectivity index (χ2v) is 6.01. The van der Waals surface area contributed by atoms with Gasteiger partial charge in [0.25, 0.3) is 5.91 Å². The average Bonchev–Trinajstić information content (AvgIpc) is 2.74. The van der Waals surface area contributed by atoms with Gasteiger partial charge in [0.2, 0.25) is 0 Å². The summed E-state index contributed by atoms with van der Waals surface area (Å²) in [6.45, 7) is 0.986. The van der Waals surface area contributed by atoms with E-state index >= 15 is 0 Å². The Morgan fingerprint density at radius 2 is 2.16 bits per heavy atom. The van der Waals surface area contributed by atoms with Crippen LogP contribution in [0.1, 0.15) is 16.6 Å². The van der Waals surface area contributed by atoms with Crippen LogP contribution in [0.4, 0.5) is 0 Å². The number of thiophene rings is 1. The molecule has 0 spiro atoms. The van der Waals surface area contributed by atoms with Gasteiger partial charge in [-0.25, -0.2) is 0 Å². The van der Waals surface area contributed by atoms with E-state index in [0.29, 0.717) is 9.90 Å². The minimum absolute atomic E-state index is 0.0348. The van der Waals surface area contributed by atoms with Crippen molar-refractivity contribution in [3.8, 4) is 0 Å². The van der Waals surface area contributed by atoms with Crippen molar-refractivity contribution in [1.82, 2.24) is 5.32 Å². The number of benzene rings is 1. The highest BCUT2D eigenvalue weighted by molar-refractivity contribution is 7.21. The lowest BCUT2D eigenvalue weighted by molar-refractivity contribution is 0.00323.